The molecule has 112 valence electrons. The largest absolute Gasteiger partial charge is 0.494 e. The summed E-state index contributed by atoms with van der Waals surface area (Å²) in [5.74, 6) is 4.75. The van der Waals surface area contributed by atoms with Crippen LogP contribution < -0.4 is 16.0 Å². The highest BCUT2D eigenvalue weighted by atomic mass is 35.5. The summed E-state index contributed by atoms with van der Waals surface area (Å²) in [6.45, 7) is 0. The minimum atomic E-state index is -0.517. The van der Waals surface area contributed by atoms with Crippen LogP contribution in [0.5, 0.6) is 5.75 Å². The predicted molar refractivity (Wildman–Crippen MR) is 78.1 cm³/mol. The number of halogens is 3. The lowest BCUT2D eigenvalue weighted by Crippen LogP contribution is -2.30. The average Bonchev–Trinajstić information content (AvgIpc) is 2.47. The van der Waals surface area contributed by atoms with E-state index in [4.69, 9.17) is 22.2 Å². The first-order valence-corrected chi connectivity index (χ1v) is 6.66. The number of hydrogen-bond donors (Lipinski definition) is 2. The van der Waals surface area contributed by atoms with Crippen LogP contribution in [0.4, 0.5) is 8.78 Å². The molecule has 0 aliphatic heterocycles. The first-order valence-electron chi connectivity index (χ1n) is 6.28. The number of methoxy groups -OCH3 is 1. The summed E-state index contributed by atoms with van der Waals surface area (Å²) in [5.41, 5.74) is 3.53. The highest BCUT2D eigenvalue weighted by Crippen LogP contribution is 2.26. The van der Waals surface area contributed by atoms with Crippen LogP contribution in [0.3, 0.4) is 0 Å². The van der Waals surface area contributed by atoms with E-state index in [0.717, 1.165) is 0 Å². The Morgan fingerprint density at radius 2 is 1.95 bits per heavy atom. The van der Waals surface area contributed by atoms with Crippen LogP contribution in [0.1, 0.15) is 17.2 Å². The Kier molecular flexibility index (Phi) is 5.12. The van der Waals surface area contributed by atoms with Gasteiger partial charge in [0.15, 0.2) is 11.6 Å². The van der Waals surface area contributed by atoms with Crippen molar-refractivity contribution in [2.75, 3.05) is 7.11 Å². The van der Waals surface area contributed by atoms with Gasteiger partial charge in [0.2, 0.25) is 0 Å². The van der Waals surface area contributed by atoms with Crippen molar-refractivity contribution in [3.63, 3.8) is 0 Å². The number of hydrogen-bond acceptors (Lipinski definition) is 3. The van der Waals surface area contributed by atoms with Gasteiger partial charge in [-0.2, -0.15) is 0 Å². The zero-order chi connectivity index (χ0) is 15.4. The van der Waals surface area contributed by atoms with Crippen LogP contribution in [0.25, 0.3) is 0 Å². The van der Waals surface area contributed by atoms with Gasteiger partial charge in [-0.1, -0.05) is 17.7 Å². The topological polar surface area (TPSA) is 47.3 Å². The third-order valence-electron chi connectivity index (χ3n) is 3.19. The van der Waals surface area contributed by atoms with E-state index in [1.807, 2.05) is 0 Å². The van der Waals surface area contributed by atoms with Crippen molar-refractivity contribution in [3.8, 4) is 5.75 Å². The molecule has 0 aliphatic rings. The SMILES string of the molecule is COc1ccc(CC(NN)c2cc(Cl)ccc2F)cc1F. The van der Waals surface area contributed by atoms with Gasteiger partial charge in [-0.05, 0) is 42.3 Å². The summed E-state index contributed by atoms with van der Waals surface area (Å²) >= 11 is 5.87. The summed E-state index contributed by atoms with van der Waals surface area (Å²) < 4.78 is 32.4. The fourth-order valence-electron chi connectivity index (χ4n) is 2.11. The van der Waals surface area contributed by atoms with E-state index in [0.29, 0.717) is 22.6 Å². The molecule has 0 heterocycles. The van der Waals surface area contributed by atoms with E-state index in [9.17, 15) is 8.78 Å². The number of nitrogens with two attached hydrogens (primary N) is 1. The summed E-state index contributed by atoms with van der Waals surface area (Å²) in [5, 5.41) is 0.410. The lowest BCUT2D eigenvalue weighted by Gasteiger charge is -2.18. The number of benzene rings is 2. The molecule has 21 heavy (non-hydrogen) atoms. The Balaban J connectivity index is 2.26. The maximum atomic E-state index is 13.9. The van der Waals surface area contributed by atoms with Gasteiger partial charge in [-0.25, -0.2) is 8.78 Å². The van der Waals surface area contributed by atoms with Gasteiger partial charge in [0.1, 0.15) is 5.82 Å². The van der Waals surface area contributed by atoms with Crippen molar-refractivity contribution in [2.24, 2.45) is 5.84 Å². The van der Waals surface area contributed by atoms with Gasteiger partial charge in [0.05, 0.1) is 13.2 Å². The molecule has 1 unspecified atom stereocenters. The first kappa shape index (κ1) is 15.7. The van der Waals surface area contributed by atoms with Crippen LogP contribution in [-0.4, -0.2) is 7.11 Å². The minimum absolute atomic E-state index is 0.157. The van der Waals surface area contributed by atoms with Gasteiger partial charge in [0.25, 0.3) is 0 Å². The van der Waals surface area contributed by atoms with Crippen LogP contribution in [0.2, 0.25) is 5.02 Å². The molecule has 1 atom stereocenters. The zero-order valence-electron chi connectivity index (χ0n) is 11.4. The number of ether oxygens (including phenoxy) is 1. The Hall–Kier alpha value is -1.69. The zero-order valence-corrected chi connectivity index (χ0v) is 12.1. The molecule has 3 nitrogen and oxygen atoms in total. The summed E-state index contributed by atoms with van der Waals surface area (Å²) in [4.78, 5) is 0. The molecule has 0 spiro atoms. The molecule has 0 saturated heterocycles. The molecule has 0 amide bonds. The number of nitrogens with one attached hydrogen (secondary N) is 1. The quantitative estimate of drug-likeness (QED) is 0.657. The molecular formula is C15H15ClF2N2O. The Bertz CT molecular complexity index is 637. The Morgan fingerprint density at radius 1 is 1.19 bits per heavy atom. The first-order chi connectivity index (χ1) is 10.0. The maximum Gasteiger partial charge on any atom is 0.165 e. The molecule has 0 aliphatic carbocycles. The standard InChI is InChI=1S/C15H15ClF2N2O/c1-21-15-5-2-9(6-13(15)18)7-14(20-19)11-8-10(16)3-4-12(11)17/h2-6,8,14,20H,7,19H2,1H3. The van der Waals surface area contributed by atoms with Gasteiger partial charge in [-0.15, -0.1) is 0 Å². The molecule has 0 saturated carbocycles. The van der Waals surface area contributed by atoms with Crippen molar-refractivity contribution in [1.82, 2.24) is 5.43 Å². The minimum Gasteiger partial charge on any atom is -0.494 e. The van der Waals surface area contributed by atoms with E-state index in [1.165, 1.54) is 37.4 Å². The maximum absolute atomic E-state index is 13.9. The second-order valence-electron chi connectivity index (χ2n) is 4.56. The van der Waals surface area contributed by atoms with Crippen molar-refractivity contribution < 1.29 is 13.5 Å². The lowest BCUT2D eigenvalue weighted by molar-refractivity contribution is 0.386. The smallest absolute Gasteiger partial charge is 0.165 e. The van der Waals surface area contributed by atoms with Gasteiger partial charge in [-0.3, -0.25) is 11.3 Å². The molecule has 6 heteroatoms. The third kappa shape index (κ3) is 3.69. The average molecular weight is 313 g/mol. The van der Waals surface area contributed by atoms with Gasteiger partial charge in [0, 0.05) is 10.6 Å². The van der Waals surface area contributed by atoms with Gasteiger partial charge < -0.3 is 4.74 Å². The third-order valence-corrected chi connectivity index (χ3v) is 3.43. The molecule has 0 aromatic heterocycles. The summed E-state index contributed by atoms with van der Waals surface area (Å²) in [6, 6.07) is 8.28. The van der Waals surface area contributed by atoms with E-state index in [1.54, 1.807) is 6.07 Å². The highest BCUT2D eigenvalue weighted by Gasteiger charge is 2.16. The molecule has 0 bridgehead atoms. The van der Waals surface area contributed by atoms with Crippen molar-refractivity contribution in [2.45, 2.75) is 12.5 Å². The van der Waals surface area contributed by atoms with Crippen LogP contribution in [0, 0.1) is 11.6 Å². The predicted octanol–water partition coefficient (Wildman–Crippen LogP) is 3.37. The van der Waals surface area contributed by atoms with Crippen LogP contribution >= 0.6 is 11.6 Å². The Morgan fingerprint density at radius 3 is 2.57 bits per heavy atom. The van der Waals surface area contributed by atoms with Crippen molar-refractivity contribution in [1.29, 1.82) is 0 Å². The van der Waals surface area contributed by atoms with Crippen molar-refractivity contribution in [3.05, 3.63) is 64.2 Å². The number of rotatable bonds is 5. The van der Waals surface area contributed by atoms with E-state index < -0.39 is 17.7 Å². The molecule has 3 N–H and O–H groups in total. The molecular weight excluding hydrogens is 298 g/mol. The second-order valence-corrected chi connectivity index (χ2v) is 4.99. The fraction of sp³-hybridized carbons (Fsp3) is 0.200. The van der Waals surface area contributed by atoms with Crippen molar-refractivity contribution >= 4 is 11.6 Å². The summed E-state index contributed by atoms with van der Waals surface area (Å²) in [6.07, 6.45) is 0.314. The monoisotopic (exact) mass is 312 g/mol. The van der Waals surface area contributed by atoms with E-state index in [-0.39, 0.29) is 5.75 Å². The van der Waals surface area contributed by atoms with Crippen LogP contribution in [0.15, 0.2) is 36.4 Å². The summed E-state index contributed by atoms with van der Waals surface area (Å²) in [7, 11) is 1.39. The molecule has 2 aromatic rings. The van der Waals surface area contributed by atoms with E-state index >= 15 is 0 Å². The van der Waals surface area contributed by atoms with E-state index in [2.05, 4.69) is 5.43 Å². The van der Waals surface area contributed by atoms with Gasteiger partial charge >= 0.3 is 0 Å². The van der Waals surface area contributed by atoms with Crippen LogP contribution in [-0.2, 0) is 6.42 Å². The number of hydrazine groups is 1. The molecule has 2 aromatic carbocycles. The molecule has 2 rings (SSSR count). The second kappa shape index (κ2) is 6.85. The normalized spacial score (nSPS) is 12.2. The highest BCUT2D eigenvalue weighted by molar-refractivity contribution is 6.30. The lowest BCUT2D eigenvalue weighted by atomic mass is 9.98. The molecule has 0 fully saturated rings. The molecule has 0 radical (unpaired) electrons. The Labute approximate surface area is 126 Å². The fourth-order valence-corrected chi connectivity index (χ4v) is 2.29.